The Bertz CT molecular complexity index is 914. The predicted octanol–water partition coefficient (Wildman–Crippen LogP) is 4.37. The highest BCUT2D eigenvalue weighted by Crippen LogP contribution is 2.25. The second-order valence-electron chi connectivity index (χ2n) is 6.86. The summed E-state index contributed by atoms with van der Waals surface area (Å²) >= 11 is 7.49. The van der Waals surface area contributed by atoms with Gasteiger partial charge in [0, 0.05) is 36.0 Å². The molecule has 0 amide bonds. The van der Waals surface area contributed by atoms with Crippen molar-refractivity contribution in [2.24, 2.45) is 0 Å². The molecule has 152 valence electrons. The van der Waals surface area contributed by atoms with Crippen molar-refractivity contribution in [2.45, 2.75) is 24.3 Å². The molecule has 0 spiro atoms. The van der Waals surface area contributed by atoms with Gasteiger partial charge in [0.1, 0.15) is 0 Å². The molecule has 7 heteroatoms. The van der Waals surface area contributed by atoms with E-state index in [9.17, 15) is 5.11 Å². The molecule has 0 aliphatic carbocycles. The lowest BCUT2D eigenvalue weighted by Crippen LogP contribution is -2.30. The number of hydrogen-bond acceptors (Lipinski definition) is 5. The summed E-state index contributed by atoms with van der Waals surface area (Å²) in [6, 6.07) is 17.8. The van der Waals surface area contributed by atoms with Crippen LogP contribution >= 0.6 is 23.4 Å². The van der Waals surface area contributed by atoms with E-state index in [2.05, 4.69) is 33.8 Å². The molecule has 3 rings (SSSR count). The standard InChI is InChI=1S/C22H25ClN4OS/c1-3-13-27-21(18-9-11-19(23)12-10-18)24-25-22(27)29-16-20(28)15-26(2)14-17-7-5-4-6-8-17/h3-12,20,28H,1,13-16H2,2H3. The number of benzene rings is 2. The number of rotatable bonds is 10. The normalized spacial score (nSPS) is 12.3. The fraction of sp³-hybridized carbons (Fsp3) is 0.273. The maximum atomic E-state index is 10.5. The molecule has 1 unspecified atom stereocenters. The lowest BCUT2D eigenvalue weighted by atomic mass is 10.2. The molecule has 1 heterocycles. The highest BCUT2D eigenvalue weighted by atomic mass is 35.5. The van der Waals surface area contributed by atoms with Crippen LogP contribution in [0, 0.1) is 0 Å². The molecular weight excluding hydrogens is 404 g/mol. The molecule has 2 aromatic carbocycles. The van der Waals surface area contributed by atoms with Crippen molar-refractivity contribution < 1.29 is 5.11 Å². The van der Waals surface area contributed by atoms with Crippen molar-refractivity contribution in [3.63, 3.8) is 0 Å². The van der Waals surface area contributed by atoms with Gasteiger partial charge in [0.15, 0.2) is 11.0 Å². The molecule has 0 saturated heterocycles. The summed E-state index contributed by atoms with van der Waals surface area (Å²) in [6.45, 7) is 5.82. The number of hydrogen-bond donors (Lipinski definition) is 1. The van der Waals surface area contributed by atoms with E-state index in [1.807, 2.05) is 60.2 Å². The molecule has 1 atom stereocenters. The quantitative estimate of drug-likeness (QED) is 0.384. The Morgan fingerprint density at radius 3 is 2.59 bits per heavy atom. The van der Waals surface area contributed by atoms with E-state index >= 15 is 0 Å². The van der Waals surface area contributed by atoms with E-state index < -0.39 is 6.10 Å². The Balaban J connectivity index is 1.60. The molecule has 0 fully saturated rings. The zero-order valence-corrected chi connectivity index (χ0v) is 18.0. The Labute approximate surface area is 181 Å². The Morgan fingerprint density at radius 2 is 1.90 bits per heavy atom. The summed E-state index contributed by atoms with van der Waals surface area (Å²) in [6.07, 6.45) is 1.35. The maximum absolute atomic E-state index is 10.5. The van der Waals surface area contributed by atoms with E-state index in [1.54, 1.807) is 0 Å². The molecule has 29 heavy (non-hydrogen) atoms. The van der Waals surface area contributed by atoms with E-state index in [-0.39, 0.29) is 0 Å². The zero-order chi connectivity index (χ0) is 20.6. The molecule has 0 aliphatic rings. The third-order valence-electron chi connectivity index (χ3n) is 4.35. The lowest BCUT2D eigenvalue weighted by Gasteiger charge is -2.20. The minimum Gasteiger partial charge on any atom is -0.391 e. The van der Waals surface area contributed by atoms with Crippen LogP contribution in [0.25, 0.3) is 11.4 Å². The molecule has 1 aromatic heterocycles. The topological polar surface area (TPSA) is 54.2 Å². The van der Waals surface area contributed by atoms with Crippen molar-refractivity contribution in [1.82, 2.24) is 19.7 Å². The van der Waals surface area contributed by atoms with Crippen LogP contribution in [0.2, 0.25) is 5.02 Å². The molecule has 0 saturated carbocycles. The van der Waals surface area contributed by atoms with Gasteiger partial charge in [-0.1, -0.05) is 59.8 Å². The first-order chi connectivity index (χ1) is 14.1. The van der Waals surface area contributed by atoms with Gasteiger partial charge in [-0.2, -0.15) is 0 Å². The van der Waals surface area contributed by atoms with Gasteiger partial charge in [0.05, 0.1) is 6.10 Å². The highest BCUT2D eigenvalue weighted by molar-refractivity contribution is 7.99. The van der Waals surface area contributed by atoms with E-state index in [1.165, 1.54) is 17.3 Å². The van der Waals surface area contributed by atoms with Crippen molar-refractivity contribution in [3.8, 4) is 11.4 Å². The second kappa shape index (κ2) is 10.6. The fourth-order valence-electron chi connectivity index (χ4n) is 3.04. The number of aliphatic hydroxyl groups is 1. The summed E-state index contributed by atoms with van der Waals surface area (Å²) in [7, 11) is 2.01. The van der Waals surface area contributed by atoms with E-state index in [4.69, 9.17) is 11.6 Å². The van der Waals surface area contributed by atoms with Crippen LogP contribution in [0.5, 0.6) is 0 Å². The predicted molar refractivity (Wildman–Crippen MR) is 120 cm³/mol. The first-order valence-electron chi connectivity index (χ1n) is 9.40. The second-order valence-corrected chi connectivity index (χ2v) is 8.28. The Morgan fingerprint density at radius 1 is 1.17 bits per heavy atom. The summed E-state index contributed by atoms with van der Waals surface area (Å²) in [5.74, 6) is 1.30. The largest absolute Gasteiger partial charge is 0.391 e. The first kappa shape index (κ1) is 21.6. The van der Waals surface area contributed by atoms with Crippen molar-refractivity contribution in [3.05, 3.63) is 77.8 Å². The lowest BCUT2D eigenvalue weighted by molar-refractivity contribution is 0.142. The zero-order valence-electron chi connectivity index (χ0n) is 16.4. The van der Waals surface area contributed by atoms with Crippen LogP contribution in [-0.2, 0) is 13.1 Å². The van der Waals surface area contributed by atoms with Gasteiger partial charge in [-0.15, -0.1) is 16.8 Å². The van der Waals surface area contributed by atoms with Gasteiger partial charge < -0.3 is 5.11 Å². The van der Waals surface area contributed by atoms with E-state index in [0.29, 0.717) is 23.9 Å². The molecule has 3 aromatic rings. The van der Waals surface area contributed by atoms with E-state index in [0.717, 1.165) is 23.1 Å². The van der Waals surface area contributed by atoms with Gasteiger partial charge in [-0.05, 0) is 36.9 Å². The maximum Gasteiger partial charge on any atom is 0.191 e. The number of halogens is 1. The monoisotopic (exact) mass is 428 g/mol. The van der Waals surface area contributed by atoms with Crippen LogP contribution in [0.3, 0.4) is 0 Å². The summed E-state index contributed by atoms with van der Waals surface area (Å²) in [5.41, 5.74) is 2.17. The fourth-order valence-corrected chi connectivity index (χ4v) is 4.03. The molecule has 0 radical (unpaired) electrons. The third kappa shape index (κ3) is 6.18. The highest BCUT2D eigenvalue weighted by Gasteiger charge is 2.16. The van der Waals surface area contributed by atoms with Gasteiger partial charge in [-0.3, -0.25) is 9.47 Å². The number of thioether (sulfide) groups is 1. The number of allylic oxidation sites excluding steroid dienone is 1. The average molecular weight is 429 g/mol. The molecular formula is C22H25ClN4OS. The van der Waals surface area contributed by atoms with Crippen molar-refractivity contribution >= 4 is 23.4 Å². The number of likely N-dealkylation sites (N-methyl/N-ethyl adjacent to an activating group) is 1. The van der Waals surface area contributed by atoms with Crippen LogP contribution in [-0.4, -0.2) is 50.2 Å². The summed E-state index contributed by atoms with van der Waals surface area (Å²) < 4.78 is 2.00. The van der Waals surface area contributed by atoms with Gasteiger partial charge in [0.25, 0.3) is 0 Å². The van der Waals surface area contributed by atoms with Crippen LogP contribution in [0.1, 0.15) is 5.56 Å². The first-order valence-corrected chi connectivity index (χ1v) is 10.8. The molecule has 0 bridgehead atoms. The molecule has 1 N–H and O–H groups in total. The SMILES string of the molecule is C=CCn1c(SCC(O)CN(C)Cc2ccccc2)nnc1-c1ccc(Cl)cc1. The number of aliphatic hydroxyl groups excluding tert-OH is 1. The van der Waals surface area contributed by atoms with Crippen LogP contribution in [0.15, 0.2) is 72.4 Å². The smallest absolute Gasteiger partial charge is 0.191 e. The van der Waals surface area contributed by atoms with Gasteiger partial charge in [-0.25, -0.2) is 0 Å². The van der Waals surface area contributed by atoms with Gasteiger partial charge >= 0.3 is 0 Å². The summed E-state index contributed by atoms with van der Waals surface area (Å²) in [5, 5.41) is 20.6. The van der Waals surface area contributed by atoms with Crippen LogP contribution < -0.4 is 0 Å². The average Bonchev–Trinajstić information content (AvgIpc) is 3.10. The van der Waals surface area contributed by atoms with Crippen molar-refractivity contribution in [2.75, 3.05) is 19.3 Å². The number of aromatic nitrogens is 3. The van der Waals surface area contributed by atoms with Crippen molar-refractivity contribution in [1.29, 1.82) is 0 Å². The third-order valence-corrected chi connectivity index (χ3v) is 5.72. The summed E-state index contributed by atoms with van der Waals surface area (Å²) in [4.78, 5) is 2.12. The minimum absolute atomic E-state index is 0.471. The molecule has 5 nitrogen and oxygen atoms in total. The Kier molecular flexibility index (Phi) is 7.89. The van der Waals surface area contributed by atoms with Gasteiger partial charge in [0.2, 0.25) is 0 Å². The minimum atomic E-state index is -0.471. The Hall–Kier alpha value is -2.12. The van der Waals surface area contributed by atoms with Crippen LogP contribution in [0.4, 0.5) is 0 Å². The number of nitrogens with zero attached hydrogens (tertiary/aromatic N) is 4. The molecule has 0 aliphatic heterocycles.